The second kappa shape index (κ2) is 13.8. The molecule has 202 valence electrons. The van der Waals surface area contributed by atoms with E-state index in [0.29, 0.717) is 26.4 Å². The number of carbonyl (C=O) groups is 1. The van der Waals surface area contributed by atoms with Gasteiger partial charge in [-0.2, -0.15) is 0 Å². The molecule has 1 heterocycles. The molecular formula is C33H34O5S. The van der Waals surface area contributed by atoms with Gasteiger partial charge in [-0.1, -0.05) is 36.3 Å². The standard InChI is InChI=1S/C33H34O5S/c1-5-7-26(19-33(34)36-6-2)25-10-8-24(9-11-25)21-38-28-13-15-32-30(20-28)31(22-39-32)29-14-12-27(18-23(29)3)37-17-16-35-4/h8-15,18,20,22,26H,6,16-17,19,21H2,1-4H3/t26-/m0/s1. The average Bonchev–Trinajstić information content (AvgIpc) is 3.35. The number of hydrogen-bond acceptors (Lipinski definition) is 6. The first-order valence-electron chi connectivity index (χ1n) is 13.1. The van der Waals surface area contributed by atoms with Crippen molar-refractivity contribution in [2.45, 2.75) is 39.7 Å². The normalized spacial score (nSPS) is 11.5. The minimum atomic E-state index is -0.234. The van der Waals surface area contributed by atoms with Gasteiger partial charge < -0.3 is 18.9 Å². The van der Waals surface area contributed by atoms with Crippen molar-refractivity contribution in [3.8, 4) is 34.5 Å². The van der Waals surface area contributed by atoms with Gasteiger partial charge in [0, 0.05) is 22.8 Å². The van der Waals surface area contributed by atoms with Gasteiger partial charge in [-0.25, -0.2) is 0 Å². The summed E-state index contributed by atoms with van der Waals surface area (Å²) in [7, 11) is 1.67. The Balaban J connectivity index is 1.45. The molecule has 0 aliphatic rings. The summed E-state index contributed by atoms with van der Waals surface area (Å²) in [5, 5.41) is 3.37. The molecule has 0 bridgehead atoms. The quantitative estimate of drug-likeness (QED) is 0.105. The lowest BCUT2D eigenvalue weighted by Crippen LogP contribution is -2.09. The summed E-state index contributed by atoms with van der Waals surface area (Å²) in [5.74, 6) is 7.30. The van der Waals surface area contributed by atoms with Gasteiger partial charge in [-0.05, 0) is 78.7 Å². The van der Waals surface area contributed by atoms with Crippen LogP contribution in [0.15, 0.2) is 66.0 Å². The van der Waals surface area contributed by atoms with Crippen molar-refractivity contribution in [2.24, 2.45) is 0 Å². The minimum Gasteiger partial charge on any atom is -0.491 e. The largest absolute Gasteiger partial charge is 0.491 e. The van der Waals surface area contributed by atoms with Crippen LogP contribution in [-0.2, 0) is 20.9 Å². The maximum atomic E-state index is 12.0. The van der Waals surface area contributed by atoms with E-state index in [1.165, 1.54) is 21.2 Å². The van der Waals surface area contributed by atoms with E-state index >= 15 is 0 Å². The summed E-state index contributed by atoms with van der Waals surface area (Å²) in [6.45, 7) is 7.61. The van der Waals surface area contributed by atoms with E-state index in [1.807, 2.05) is 43.3 Å². The Morgan fingerprint density at radius 3 is 2.44 bits per heavy atom. The maximum absolute atomic E-state index is 12.0. The molecule has 6 heteroatoms. The van der Waals surface area contributed by atoms with Crippen LogP contribution in [0.5, 0.6) is 11.5 Å². The molecule has 1 aromatic heterocycles. The highest BCUT2D eigenvalue weighted by molar-refractivity contribution is 7.17. The van der Waals surface area contributed by atoms with Crippen LogP contribution < -0.4 is 9.47 Å². The molecule has 4 rings (SSSR count). The number of hydrogen-bond donors (Lipinski definition) is 0. The van der Waals surface area contributed by atoms with Crippen LogP contribution in [0.4, 0.5) is 0 Å². The summed E-state index contributed by atoms with van der Waals surface area (Å²) in [4.78, 5) is 12.0. The van der Waals surface area contributed by atoms with Crippen LogP contribution in [0.25, 0.3) is 21.2 Å². The van der Waals surface area contributed by atoms with E-state index in [4.69, 9.17) is 18.9 Å². The van der Waals surface area contributed by atoms with Gasteiger partial charge in [0.1, 0.15) is 24.7 Å². The van der Waals surface area contributed by atoms with Crippen LogP contribution in [0.2, 0.25) is 0 Å². The number of aryl methyl sites for hydroxylation is 1. The van der Waals surface area contributed by atoms with Crippen molar-refractivity contribution in [3.05, 3.63) is 82.7 Å². The summed E-state index contributed by atoms with van der Waals surface area (Å²) < 4.78 is 23.3. The van der Waals surface area contributed by atoms with Crippen LogP contribution in [0, 0.1) is 18.8 Å². The van der Waals surface area contributed by atoms with Gasteiger partial charge >= 0.3 is 5.97 Å². The van der Waals surface area contributed by atoms with Crippen molar-refractivity contribution >= 4 is 27.4 Å². The molecule has 0 N–H and O–H groups in total. The fourth-order valence-corrected chi connectivity index (χ4v) is 5.34. The fourth-order valence-electron chi connectivity index (χ4n) is 4.40. The van der Waals surface area contributed by atoms with Gasteiger partial charge in [0.15, 0.2) is 0 Å². The van der Waals surface area contributed by atoms with E-state index in [1.54, 1.807) is 25.4 Å². The number of ether oxygens (including phenoxy) is 4. The molecule has 0 fully saturated rings. The van der Waals surface area contributed by atoms with Crippen LogP contribution in [0.1, 0.15) is 42.9 Å². The Kier molecular flexibility index (Phi) is 10.0. The van der Waals surface area contributed by atoms with Gasteiger partial charge in [0.05, 0.1) is 25.6 Å². The van der Waals surface area contributed by atoms with Crippen LogP contribution in [0.3, 0.4) is 0 Å². The molecule has 5 nitrogen and oxygen atoms in total. The number of fused-ring (bicyclic) bond motifs is 1. The number of methoxy groups -OCH3 is 1. The van der Waals surface area contributed by atoms with E-state index in [0.717, 1.165) is 28.2 Å². The summed E-state index contributed by atoms with van der Waals surface area (Å²) in [5.41, 5.74) is 5.57. The smallest absolute Gasteiger partial charge is 0.307 e. The molecule has 0 unspecified atom stereocenters. The van der Waals surface area contributed by atoms with Gasteiger partial charge in [0.2, 0.25) is 0 Å². The molecule has 1 atom stereocenters. The predicted molar refractivity (Wildman–Crippen MR) is 158 cm³/mol. The third-order valence-corrected chi connectivity index (χ3v) is 7.33. The third-order valence-electron chi connectivity index (χ3n) is 6.37. The molecule has 39 heavy (non-hydrogen) atoms. The first kappa shape index (κ1) is 28.2. The van der Waals surface area contributed by atoms with Crippen molar-refractivity contribution in [1.82, 2.24) is 0 Å². The summed E-state index contributed by atoms with van der Waals surface area (Å²) >= 11 is 1.73. The highest BCUT2D eigenvalue weighted by Crippen LogP contribution is 2.38. The SMILES string of the molecule is CC#C[C@@H](CC(=O)OCC)c1ccc(COc2ccc3scc(-c4ccc(OCCOC)cc4C)c3c2)cc1. The Bertz CT molecular complexity index is 1460. The number of esters is 1. The zero-order chi connectivity index (χ0) is 27.6. The van der Waals surface area contributed by atoms with Crippen molar-refractivity contribution in [3.63, 3.8) is 0 Å². The molecule has 0 saturated carbocycles. The molecule has 0 amide bonds. The molecular weight excluding hydrogens is 508 g/mol. The van der Waals surface area contributed by atoms with Gasteiger partial charge in [-0.3, -0.25) is 4.79 Å². The maximum Gasteiger partial charge on any atom is 0.307 e. The number of rotatable bonds is 12. The molecule has 0 aliphatic carbocycles. The first-order chi connectivity index (χ1) is 19.0. The fraction of sp³-hybridized carbons (Fsp3) is 0.303. The Morgan fingerprint density at radius 1 is 0.949 bits per heavy atom. The lowest BCUT2D eigenvalue weighted by molar-refractivity contribution is -0.143. The average molecular weight is 543 g/mol. The summed E-state index contributed by atoms with van der Waals surface area (Å²) in [6.07, 6.45) is 0.247. The highest BCUT2D eigenvalue weighted by Gasteiger charge is 2.15. The second-order valence-corrected chi connectivity index (χ2v) is 10.0. The number of thiophene rings is 1. The molecule has 4 aromatic rings. The van der Waals surface area contributed by atoms with E-state index < -0.39 is 0 Å². The van der Waals surface area contributed by atoms with Crippen LogP contribution >= 0.6 is 11.3 Å². The van der Waals surface area contributed by atoms with E-state index in [2.05, 4.69) is 48.4 Å². The number of benzene rings is 3. The summed E-state index contributed by atoms with van der Waals surface area (Å²) in [6, 6.07) is 20.5. The van der Waals surface area contributed by atoms with Gasteiger partial charge in [0.25, 0.3) is 0 Å². The van der Waals surface area contributed by atoms with Gasteiger partial charge in [-0.15, -0.1) is 17.3 Å². The lowest BCUT2D eigenvalue weighted by Gasteiger charge is -2.12. The number of carbonyl (C=O) groups excluding carboxylic acids is 1. The van der Waals surface area contributed by atoms with Crippen molar-refractivity contribution in [2.75, 3.05) is 26.9 Å². The molecule has 0 radical (unpaired) electrons. The Morgan fingerprint density at radius 2 is 1.72 bits per heavy atom. The van der Waals surface area contributed by atoms with E-state index in [-0.39, 0.29) is 18.3 Å². The topological polar surface area (TPSA) is 54.0 Å². The lowest BCUT2D eigenvalue weighted by atomic mass is 9.95. The minimum absolute atomic E-state index is 0.183. The molecule has 3 aromatic carbocycles. The highest BCUT2D eigenvalue weighted by atomic mass is 32.1. The van der Waals surface area contributed by atoms with Crippen molar-refractivity contribution < 1.29 is 23.7 Å². The monoisotopic (exact) mass is 542 g/mol. The third kappa shape index (κ3) is 7.41. The molecule has 0 aliphatic heterocycles. The second-order valence-electron chi connectivity index (χ2n) is 9.11. The molecule has 0 saturated heterocycles. The van der Waals surface area contributed by atoms with Crippen LogP contribution in [-0.4, -0.2) is 32.9 Å². The predicted octanol–water partition coefficient (Wildman–Crippen LogP) is 7.54. The van der Waals surface area contributed by atoms with Crippen molar-refractivity contribution in [1.29, 1.82) is 0 Å². The van der Waals surface area contributed by atoms with E-state index in [9.17, 15) is 4.79 Å². The molecule has 0 spiro atoms. The zero-order valence-electron chi connectivity index (χ0n) is 22.9. The Hall–Kier alpha value is -3.79. The zero-order valence-corrected chi connectivity index (χ0v) is 23.7. The first-order valence-corrected chi connectivity index (χ1v) is 13.9. The Labute approximate surface area is 234 Å².